The molecule has 7 heteroatoms. The lowest BCUT2D eigenvalue weighted by Gasteiger charge is -2.23. The van der Waals surface area contributed by atoms with E-state index in [4.69, 9.17) is 0 Å². The van der Waals surface area contributed by atoms with Gasteiger partial charge >= 0.3 is 6.03 Å². The van der Waals surface area contributed by atoms with Crippen LogP contribution in [0.2, 0.25) is 0 Å². The maximum atomic E-state index is 13.0. The van der Waals surface area contributed by atoms with Gasteiger partial charge in [0.25, 0.3) is 5.91 Å². The molecule has 1 heterocycles. The third-order valence-corrected chi connectivity index (χ3v) is 3.89. The summed E-state index contributed by atoms with van der Waals surface area (Å²) in [5, 5.41) is 2.57. The molecule has 0 aromatic heterocycles. The van der Waals surface area contributed by atoms with Crippen LogP contribution in [-0.2, 0) is 15.1 Å². The van der Waals surface area contributed by atoms with Crippen LogP contribution in [0, 0.1) is 5.82 Å². The van der Waals surface area contributed by atoms with Gasteiger partial charge in [-0.15, -0.1) is 0 Å². The zero-order valence-corrected chi connectivity index (χ0v) is 12.7. The van der Waals surface area contributed by atoms with Crippen molar-refractivity contribution in [1.82, 2.24) is 15.1 Å². The van der Waals surface area contributed by atoms with E-state index < -0.39 is 23.3 Å². The fourth-order valence-electron chi connectivity index (χ4n) is 2.25. The SMILES string of the molecule is CCN(C)C(=O)CN1C(=O)NC(C)(c2ccc(F)cc2)C1=O. The minimum atomic E-state index is -1.30. The van der Waals surface area contributed by atoms with Gasteiger partial charge in [-0.25, -0.2) is 9.18 Å². The molecule has 1 aliphatic heterocycles. The average Bonchev–Trinajstić information content (AvgIpc) is 2.71. The van der Waals surface area contributed by atoms with Crippen LogP contribution < -0.4 is 5.32 Å². The first kappa shape index (κ1) is 15.9. The average molecular weight is 307 g/mol. The number of imide groups is 1. The lowest BCUT2D eigenvalue weighted by Crippen LogP contribution is -2.43. The van der Waals surface area contributed by atoms with Crippen molar-refractivity contribution in [3.8, 4) is 0 Å². The molecule has 1 N–H and O–H groups in total. The topological polar surface area (TPSA) is 69.7 Å². The molecule has 1 atom stereocenters. The predicted molar refractivity (Wildman–Crippen MR) is 77.3 cm³/mol. The third-order valence-electron chi connectivity index (χ3n) is 3.89. The zero-order valence-electron chi connectivity index (χ0n) is 12.7. The van der Waals surface area contributed by atoms with E-state index in [0.717, 1.165) is 4.90 Å². The van der Waals surface area contributed by atoms with Crippen molar-refractivity contribution in [1.29, 1.82) is 0 Å². The van der Waals surface area contributed by atoms with Crippen LogP contribution in [-0.4, -0.2) is 47.8 Å². The number of nitrogens with one attached hydrogen (secondary N) is 1. The second-order valence-corrected chi connectivity index (χ2v) is 5.36. The fourth-order valence-corrected chi connectivity index (χ4v) is 2.25. The molecule has 1 unspecified atom stereocenters. The van der Waals surface area contributed by atoms with Crippen molar-refractivity contribution in [3.05, 3.63) is 35.6 Å². The summed E-state index contributed by atoms with van der Waals surface area (Å²) in [4.78, 5) is 38.8. The summed E-state index contributed by atoms with van der Waals surface area (Å²) < 4.78 is 13.0. The number of benzene rings is 1. The molecule has 22 heavy (non-hydrogen) atoms. The molecule has 1 saturated heterocycles. The number of rotatable bonds is 4. The van der Waals surface area contributed by atoms with Crippen LogP contribution in [0.15, 0.2) is 24.3 Å². The van der Waals surface area contributed by atoms with E-state index in [2.05, 4.69) is 5.32 Å². The molecule has 1 aliphatic rings. The van der Waals surface area contributed by atoms with E-state index in [9.17, 15) is 18.8 Å². The normalized spacial score (nSPS) is 21.0. The first-order valence-electron chi connectivity index (χ1n) is 6.93. The Morgan fingerprint density at radius 3 is 2.45 bits per heavy atom. The molecule has 0 aliphatic carbocycles. The van der Waals surface area contributed by atoms with Gasteiger partial charge in [-0.05, 0) is 31.5 Å². The van der Waals surface area contributed by atoms with Crippen molar-refractivity contribution >= 4 is 17.8 Å². The van der Waals surface area contributed by atoms with Gasteiger partial charge < -0.3 is 10.2 Å². The lowest BCUT2D eigenvalue weighted by molar-refractivity contribution is -0.138. The van der Waals surface area contributed by atoms with Crippen molar-refractivity contribution < 1.29 is 18.8 Å². The molecule has 0 radical (unpaired) electrons. The predicted octanol–water partition coefficient (Wildman–Crippen LogP) is 1.07. The summed E-state index contributed by atoms with van der Waals surface area (Å²) in [5.74, 6) is -1.28. The van der Waals surface area contributed by atoms with Crippen LogP contribution in [0.25, 0.3) is 0 Å². The van der Waals surface area contributed by atoms with Crippen molar-refractivity contribution in [2.75, 3.05) is 20.1 Å². The number of amides is 4. The number of carbonyl (C=O) groups excluding carboxylic acids is 3. The van der Waals surface area contributed by atoms with Gasteiger partial charge in [0.2, 0.25) is 5.91 Å². The molecule has 0 saturated carbocycles. The lowest BCUT2D eigenvalue weighted by atomic mass is 9.92. The summed E-state index contributed by atoms with van der Waals surface area (Å²) >= 11 is 0. The Labute approximate surface area is 127 Å². The molecular weight excluding hydrogens is 289 g/mol. The highest BCUT2D eigenvalue weighted by atomic mass is 19.1. The molecule has 4 amide bonds. The number of halogens is 1. The Morgan fingerprint density at radius 1 is 1.32 bits per heavy atom. The summed E-state index contributed by atoms with van der Waals surface area (Å²) in [6.45, 7) is 3.50. The number of urea groups is 1. The van der Waals surface area contributed by atoms with Crippen molar-refractivity contribution in [3.63, 3.8) is 0 Å². The number of hydrogen-bond acceptors (Lipinski definition) is 3. The molecule has 118 valence electrons. The second kappa shape index (κ2) is 5.75. The smallest absolute Gasteiger partial charge is 0.325 e. The van der Waals surface area contributed by atoms with Gasteiger partial charge in [0, 0.05) is 13.6 Å². The maximum absolute atomic E-state index is 13.0. The number of carbonyl (C=O) groups is 3. The Morgan fingerprint density at radius 2 is 1.91 bits per heavy atom. The highest BCUT2D eigenvalue weighted by molar-refractivity contribution is 6.09. The van der Waals surface area contributed by atoms with Gasteiger partial charge in [-0.3, -0.25) is 14.5 Å². The van der Waals surface area contributed by atoms with Crippen LogP contribution in [0.1, 0.15) is 19.4 Å². The summed E-state index contributed by atoms with van der Waals surface area (Å²) in [6.07, 6.45) is 0. The van der Waals surface area contributed by atoms with Crippen molar-refractivity contribution in [2.24, 2.45) is 0 Å². The molecule has 1 aromatic carbocycles. The summed E-state index contributed by atoms with van der Waals surface area (Å²) in [6, 6.07) is 4.69. The van der Waals surface area contributed by atoms with Crippen LogP contribution in [0.5, 0.6) is 0 Å². The minimum absolute atomic E-state index is 0.314. The minimum Gasteiger partial charge on any atom is -0.344 e. The van der Waals surface area contributed by atoms with Crippen molar-refractivity contribution in [2.45, 2.75) is 19.4 Å². The number of nitrogens with zero attached hydrogens (tertiary/aromatic N) is 2. The van der Waals surface area contributed by atoms with Crippen LogP contribution in [0.4, 0.5) is 9.18 Å². The largest absolute Gasteiger partial charge is 0.344 e. The van der Waals surface area contributed by atoms with Crippen LogP contribution >= 0.6 is 0 Å². The number of likely N-dealkylation sites (N-methyl/N-ethyl adjacent to an activating group) is 1. The summed E-state index contributed by atoms with van der Waals surface area (Å²) in [7, 11) is 1.60. The molecule has 0 bridgehead atoms. The molecule has 0 spiro atoms. The maximum Gasteiger partial charge on any atom is 0.325 e. The first-order valence-corrected chi connectivity index (χ1v) is 6.93. The Bertz CT molecular complexity index is 617. The van der Waals surface area contributed by atoms with Crippen LogP contribution in [0.3, 0.4) is 0 Å². The highest BCUT2D eigenvalue weighted by Crippen LogP contribution is 2.28. The van der Waals surface area contributed by atoms with E-state index in [1.165, 1.54) is 36.1 Å². The van der Waals surface area contributed by atoms with E-state index >= 15 is 0 Å². The number of hydrogen-bond donors (Lipinski definition) is 1. The van der Waals surface area contributed by atoms with E-state index in [1.807, 2.05) is 0 Å². The third kappa shape index (κ3) is 2.66. The van der Waals surface area contributed by atoms with E-state index in [1.54, 1.807) is 14.0 Å². The quantitative estimate of drug-likeness (QED) is 0.846. The summed E-state index contributed by atoms with van der Waals surface area (Å²) in [5.41, 5.74) is -0.832. The Balaban J connectivity index is 2.24. The molecule has 1 fully saturated rings. The van der Waals surface area contributed by atoms with E-state index in [-0.39, 0.29) is 12.5 Å². The van der Waals surface area contributed by atoms with Gasteiger partial charge in [-0.1, -0.05) is 12.1 Å². The Hall–Kier alpha value is -2.44. The van der Waals surface area contributed by atoms with E-state index in [0.29, 0.717) is 12.1 Å². The molecule has 2 rings (SSSR count). The van der Waals surface area contributed by atoms with Gasteiger partial charge in [0.1, 0.15) is 17.9 Å². The second-order valence-electron chi connectivity index (χ2n) is 5.36. The van der Waals surface area contributed by atoms with Gasteiger partial charge in [0.05, 0.1) is 0 Å². The molecular formula is C15H18FN3O3. The molecule has 6 nitrogen and oxygen atoms in total. The van der Waals surface area contributed by atoms with Gasteiger partial charge in [0.15, 0.2) is 0 Å². The highest BCUT2D eigenvalue weighted by Gasteiger charge is 2.49. The van der Waals surface area contributed by atoms with Gasteiger partial charge in [-0.2, -0.15) is 0 Å². The fraction of sp³-hybridized carbons (Fsp3) is 0.400. The standard InChI is InChI=1S/C15H18FN3O3/c1-4-18(3)12(20)9-19-13(21)15(2,17-14(19)22)10-5-7-11(16)8-6-10/h5-8H,4,9H2,1-3H3,(H,17,22). The molecule has 1 aromatic rings. The first-order chi connectivity index (χ1) is 10.3. The zero-order chi connectivity index (χ0) is 16.5. The Kier molecular flexibility index (Phi) is 4.16. The monoisotopic (exact) mass is 307 g/mol.